The zero-order valence-electron chi connectivity index (χ0n) is 11.3. The van der Waals surface area contributed by atoms with Crippen LogP contribution in [0, 0.1) is 0 Å². The van der Waals surface area contributed by atoms with Crippen LogP contribution in [0.1, 0.15) is 19.4 Å². The molecule has 0 amide bonds. The predicted octanol–water partition coefficient (Wildman–Crippen LogP) is 3.86. The Kier molecular flexibility index (Phi) is 6.78. The lowest BCUT2D eigenvalue weighted by Crippen LogP contribution is -2.21. The summed E-state index contributed by atoms with van der Waals surface area (Å²) < 4.78 is 44.9. The van der Waals surface area contributed by atoms with E-state index < -0.39 is 13.0 Å². The highest BCUT2D eigenvalue weighted by Crippen LogP contribution is 2.26. The molecule has 1 N–H and O–H groups in total. The van der Waals surface area contributed by atoms with E-state index in [0.29, 0.717) is 22.8 Å². The zero-order valence-corrected chi connectivity index (χ0v) is 12.8. The summed E-state index contributed by atoms with van der Waals surface area (Å²) in [5, 5.41) is 3.27. The Bertz CT molecular complexity index is 425. The van der Waals surface area contributed by atoms with Crippen molar-refractivity contribution in [3.8, 4) is 5.75 Å². The van der Waals surface area contributed by atoms with Crippen LogP contribution in [0.2, 0.25) is 0 Å². The molecule has 0 saturated heterocycles. The zero-order chi connectivity index (χ0) is 15.2. The lowest BCUT2D eigenvalue weighted by molar-refractivity contribution is -0.325. The number of halogens is 4. The van der Waals surface area contributed by atoms with Crippen molar-refractivity contribution in [3.05, 3.63) is 28.2 Å². The van der Waals surface area contributed by atoms with E-state index in [0.717, 1.165) is 5.56 Å². The largest absolute Gasteiger partial charge is 0.522 e. The molecule has 0 aliphatic rings. The topological polar surface area (TPSA) is 30.5 Å². The van der Waals surface area contributed by atoms with E-state index in [2.05, 4.69) is 26.0 Å². The first-order chi connectivity index (χ1) is 9.28. The van der Waals surface area contributed by atoms with Gasteiger partial charge in [0.05, 0.1) is 11.1 Å². The lowest BCUT2D eigenvalue weighted by atomic mass is 10.2. The van der Waals surface area contributed by atoms with E-state index in [4.69, 9.17) is 4.74 Å². The maximum Gasteiger partial charge on any atom is 0.522 e. The third-order valence-electron chi connectivity index (χ3n) is 2.32. The quantitative estimate of drug-likeness (QED) is 0.753. The van der Waals surface area contributed by atoms with Gasteiger partial charge in [-0.3, -0.25) is 4.74 Å². The van der Waals surface area contributed by atoms with Gasteiger partial charge in [0.1, 0.15) is 12.4 Å². The fourth-order valence-corrected chi connectivity index (χ4v) is 1.94. The minimum atomic E-state index is -4.62. The summed E-state index contributed by atoms with van der Waals surface area (Å²) in [5.74, 6) is 0.490. The van der Waals surface area contributed by atoms with Gasteiger partial charge in [-0.25, -0.2) is 0 Å². The van der Waals surface area contributed by atoms with Crippen molar-refractivity contribution in [2.24, 2.45) is 0 Å². The first-order valence-electron chi connectivity index (χ1n) is 6.13. The van der Waals surface area contributed by atoms with Crippen molar-refractivity contribution in [2.45, 2.75) is 32.8 Å². The van der Waals surface area contributed by atoms with Gasteiger partial charge in [-0.1, -0.05) is 19.9 Å². The molecule has 1 aromatic carbocycles. The van der Waals surface area contributed by atoms with Crippen molar-refractivity contribution >= 4 is 15.9 Å². The van der Waals surface area contributed by atoms with Crippen LogP contribution in [0.4, 0.5) is 13.2 Å². The summed E-state index contributed by atoms with van der Waals surface area (Å²) in [7, 11) is 0. The Morgan fingerprint density at radius 2 is 1.95 bits per heavy atom. The van der Waals surface area contributed by atoms with Gasteiger partial charge in [0.15, 0.2) is 0 Å². The molecule has 0 aliphatic carbocycles. The average Bonchev–Trinajstić information content (AvgIpc) is 2.32. The first kappa shape index (κ1) is 17.3. The van der Waals surface area contributed by atoms with Crippen LogP contribution in [0.15, 0.2) is 22.7 Å². The molecule has 20 heavy (non-hydrogen) atoms. The average molecular weight is 356 g/mol. The molecule has 0 spiro atoms. The summed E-state index contributed by atoms with van der Waals surface area (Å²) in [5.41, 5.74) is 1.06. The number of hydrogen-bond donors (Lipinski definition) is 1. The van der Waals surface area contributed by atoms with E-state index in [1.54, 1.807) is 6.07 Å². The molecular weight excluding hydrogens is 339 g/mol. The van der Waals surface area contributed by atoms with Crippen LogP contribution in [0.5, 0.6) is 5.75 Å². The number of alkyl halides is 3. The second-order valence-electron chi connectivity index (χ2n) is 4.44. The third-order valence-corrected chi connectivity index (χ3v) is 2.94. The number of ether oxygens (including phenoxy) is 2. The monoisotopic (exact) mass is 355 g/mol. The number of hydrogen-bond acceptors (Lipinski definition) is 3. The van der Waals surface area contributed by atoms with Crippen LogP contribution < -0.4 is 10.1 Å². The summed E-state index contributed by atoms with van der Waals surface area (Å²) in [4.78, 5) is 0. The van der Waals surface area contributed by atoms with Crippen LogP contribution in [0.25, 0.3) is 0 Å². The molecule has 0 atom stereocenters. The minimum absolute atomic E-state index is 0.165. The SMILES string of the molecule is CC(C)NCc1ccc(OCCOC(F)(F)F)c(Br)c1. The molecule has 0 heterocycles. The molecule has 7 heteroatoms. The molecule has 1 aromatic rings. The van der Waals surface area contributed by atoms with Crippen molar-refractivity contribution in [2.75, 3.05) is 13.2 Å². The van der Waals surface area contributed by atoms with Gasteiger partial charge in [-0.15, -0.1) is 13.2 Å². The second kappa shape index (κ2) is 7.85. The fourth-order valence-electron chi connectivity index (χ4n) is 1.40. The molecule has 0 radical (unpaired) electrons. The van der Waals surface area contributed by atoms with Gasteiger partial charge in [0.25, 0.3) is 0 Å². The molecule has 0 unspecified atom stereocenters. The molecule has 0 fully saturated rings. The van der Waals surface area contributed by atoms with Crippen LogP contribution in [-0.4, -0.2) is 25.6 Å². The van der Waals surface area contributed by atoms with E-state index in [1.165, 1.54) is 0 Å². The lowest BCUT2D eigenvalue weighted by Gasteiger charge is -2.12. The van der Waals surface area contributed by atoms with Gasteiger partial charge < -0.3 is 10.1 Å². The van der Waals surface area contributed by atoms with E-state index >= 15 is 0 Å². The minimum Gasteiger partial charge on any atom is -0.490 e. The Morgan fingerprint density at radius 1 is 1.25 bits per heavy atom. The molecule has 3 nitrogen and oxygen atoms in total. The first-order valence-corrected chi connectivity index (χ1v) is 6.92. The Morgan fingerprint density at radius 3 is 2.50 bits per heavy atom. The molecule has 0 saturated carbocycles. The molecular formula is C13H17BrF3NO2. The smallest absolute Gasteiger partial charge is 0.490 e. The third kappa shape index (κ3) is 7.12. The highest BCUT2D eigenvalue weighted by atomic mass is 79.9. The molecule has 0 aliphatic heterocycles. The van der Waals surface area contributed by atoms with Crippen molar-refractivity contribution in [1.29, 1.82) is 0 Å². The Balaban J connectivity index is 2.43. The molecule has 0 bridgehead atoms. The number of nitrogens with one attached hydrogen (secondary N) is 1. The molecule has 1 rings (SSSR count). The van der Waals surface area contributed by atoms with Gasteiger partial charge >= 0.3 is 6.36 Å². The Labute approximate surface area is 124 Å². The molecule has 0 aromatic heterocycles. The number of rotatable bonds is 7. The highest BCUT2D eigenvalue weighted by molar-refractivity contribution is 9.10. The Hall–Kier alpha value is -0.790. The maximum atomic E-state index is 11.8. The van der Waals surface area contributed by atoms with E-state index in [-0.39, 0.29) is 6.61 Å². The highest BCUT2D eigenvalue weighted by Gasteiger charge is 2.28. The fraction of sp³-hybridized carbons (Fsp3) is 0.538. The van der Waals surface area contributed by atoms with Gasteiger partial charge in [0, 0.05) is 12.6 Å². The van der Waals surface area contributed by atoms with Crippen LogP contribution in [-0.2, 0) is 11.3 Å². The van der Waals surface area contributed by atoms with Gasteiger partial charge in [-0.2, -0.15) is 0 Å². The summed E-state index contributed by atoms with van der Waals surface area (Å²) in [6.45, 7) is 4.11. The molecule has 114 valence electrons. The van der Waals surface area contributed by atoms with Crippen molar-refractivity contribution < 1.29 is 22.6 Å². The normalized spacial score (nSPS) is 11.9. The van der Waals surface area contributed by atoms with Crippen LogP contribution >= 0.6 is 15.9 Å². The second-order valence-corrected chi connectivity index (χ2v) is 5.30. The summed E-state index contributed by atoms with van der Waals surface area (Å²) in [6.07, 6.45) is -4.62. The van der Waals surface area contributed by atoms with Crippen LogP contribution in [0.3, 0.4) is 0 Å². The van der Waals surface area contributed by atoms with Gasteiger partial charge in [-0.05, 0) is 33.6 Å². The summed E-state index contributed by atoms with van der Waals surface area (Å²) in [6, 6.07) is 5.83. The number of benzene rings is 1. The van der Waals surface area contributed by atoms with Crippen molar-refractivity contribution in [3.63, 3.8) is 0 Å². The maximum absolute atomic E-state index is 11.8. The van der Waals surface area contributed by atoms with Crippen molar-refractivity contribution in [1.82, 2.24) is 5.32 Å². The predicted molar refractivity (Wildman–Crippen MR) is 73.6 cm³/mol. The van der Waals surface area contributed by atoms with Gasteiger partial charge in [0.2, 0.25) is 0 Å². The standard InChI is InChI=1S/C13H17BrF3NO2/c1-9(2)18-8-10-3-4-12(11(14)7-10)19-5-6-20-13(15,16)17/h3-4,7,9,18H,5-6,8H2,1-2H3. The van der Waals surface area contributed by atoms with E-state index in [1.807, 2.05) is 26.0 Å². The summed E-state index contributed by atoms with van der Waals surface area (Å²) >= 11 is 3.33. The van der Waals surface area contributed by atoms with E-state index in [9.17, 15) is 13.2 Å².